The van der Waals surface area contributed by atoms with Gasteiger partial charge in [-0.15, -0.1) is 0 Å². The molecule has 1 aromatic heterocycles. The minimum Gasteiger partial charge on any atom is -0.496 e. The van der Waals surface area contributed by atoms with Gasteiger partial charge in [0.25, 0.3) is 5.91 Å². The third kappa shape index (κ3) is 3.37. The second kappa shape index (κ2) is 6.83. The number of hydrogen-bond donors (Lipinski definition) is 3. The van der Waals surface area contributed by atoms with E-state index in [9.17, 15) is 9.90 Å². The molecule has 1 aliphatic carbocycles. The topological polar surface area (TPSA) is 87.2 Å². The average molecular weight is 315 g/mol. The number of aliphatic hydroxyl groups excluding tert-OH is 1. The molecule has 0 saturated heterocycles. The Labute approximate surface area is 134 Å². The van der Waals surface area contributed by atoms with Crippen molar-refractivity contribution in [1.82, 2.24) is 15.5 Å². The molecule has 1 aliphatic rings. The van der Waals surface area contributed by atoms with Crippen molar-refractivity contribution in [3.05, 3.63) is 36.0 Å². The number of nitrogens with zero attached hydrogens (tertiary/aromatic N) is 1. The molecule has 23 heavy (non-hydrogen) atoms. The molecule has 2 unspecified atom stereocenters. The molecule has 1 fully saturated rings. The fourth-order valence-corrected chi connectivity index (χ4v) is 2.96. The van der Waals surface area contributed by atoms with Gasteiger partial charge >= 0.3 is 0 Å². The van der Waals surface area contributed by atoms with Crippen LogP contribution in [0.15, 0.2) is 30.3 Å². The highest BCUT2D eigenvalue weighted by atomic mass is 16.5. The Kier molecular flexibility index (Phi) is 4.62. The smallest absolute Gasteiger partial charge is 0.269 e. The summed E-state index contributed by atoms with van der Waals surface area (Å²) in [4.78, 5) is 12.3. The molecule has 1 aromatic carbocycles. The maximum atomic E-state index is 12.3. The van der Waals surface area contributed by atoms with Crippen LogP contribution in [0, 0.1) is 0 Å². The Balaban J connectivity index is 1.75. The molecule has 1 saturated carbocycles. The highest BCUT2D eigenvalue weighted by molar-refractivity contribution is 5.93. The van der Waals surface area contributed by atoms with Gasteiger partial charge in [-0.1, -0.05) is 25.0 Å². The second-order valence-corrected chi connectivity index (χ2v) is 5.80. The molecular formula is C17H21N3O3. The van der Waals surface area contributed by atoms with Crippen LogP contribution >= 0.6 is 0 Å². The molecule has 2 atom stereocenters. The average Bonchev–Trinajstić information content (AvgIpc) is 3.07. The van der Waals surface area contributed by atoms with Crippen molar-refractivity contribution in [2.45, 2.75) is 37.8 Å². The van der Waals surface area contributed by atoms with Crippen LogP contribution in [0.25, 0.3) is 11.3 Å². The van der Waals surface area contributed by atoms with Crippen molar-refractivity contribution < 1.29 is 14.6 Å². The number of hydrogen-bond acceptors (Lipinski definition) is 4. The summed E-state index contributed by atoms with van der Waals surface area (Å²) in [5, 5.41) is 19.8. The van der Waals surface area contributed by atoms with Gasteiger partial charge in [-0.2, -0.15) is 5.10 Å². The number of aliphatic hydroxyl groups is 1. The van der Waals surface area contributed by atoms with Crippen LogP contribution in [-0.2, 0) is 0 Å². The summed E-state index contributed by atoms with van der Waals surface area (Å²) in [6, 6.07) is 9.03. The SMILES string of the molecule is COc1ccccc1-c1cc(C(=O)NC2CCCCC2O)[nH]n1. The first-order chi connectivity index (χ1) is 11.2. The molecule has 6 nitrogen and oxygen atoms in total. The predicted octanol–water partition coefficient (Wildman–Crippen LogP) is 2.12. The van der Waals surface area contributed by atoms with Gasteiger partial charge < -0.3 is 15.2 Å². The fraction of sp³-hybridized carbons (Fsp3) is 0.412. The molecule has 2 aromatic rings. The van der Waals surface area contributed by atoms with Crippen molar-refractivity contribution in [3.63, 3.8) is 0 Å². The first kappa shape index (κ1) is 15.6. The minimum atomic E-state index is -0.468. The van der Waals surface area contributed by atoms with E-state index in [0.29, 0.717) is 17.1 Å². The molecule has 3 rings (SSSR count). The number of amides is 1. The minimum absolute atomic E-state index is 0.186. The Morgan fingerprint density at radius 1 is 1.35 bits per heavy atom. The molecule has 1 heterocycles. The zero-order valence-electron chi connectivity index (χ0n) is 13.1. The fourth-order valence-electron chi connectivity index (χ4n) is 2.96. The lowest BCUT2D eigenvalue weighted by Gasteiger charge is -2.28. The number of nitrogens with one attached hydrogen (secondary N) is 2. The number of methoxy groups -OCH3 is 1. The van der Waals surface area contributed by atoms with Crippen LogP contribution in [0.4, 0.5) is 0 Å². The van der Waals surface area contributed by atoms with Gasteiger partial charge in [0.1, 0.15) is 11.4 Å². The molecule has 1 amide bonds. The number of ether oxygens (including phenoxy) is 1. The molecule has 0 spiro atoms. The van der Waals surface area contributed by atoms with Crippen molar-refractivity contribution >= 4 is 5.91 Å². The van der Waals surface area contributed by atoms with E-state index in [1.165, 1.54) is 0 Å². The summed E-state index contributed by atoms with van der Waals surface area (Å²) >= 11 is 0. The Bertz CT molecular complexity index is 683. The number of benzene rings is 1. The normalized spacial score (nSPS) is 21.0. The number of para-hydroxylation sites is 1. The highest BCUT2D eigenvalue weighted by Gasteiger charge is 2.25. The molecule has 0 aliphatic heterocycles. The lowest BCUT2D eigenvalue weighted by Crippen LogP contribution is -2.45. The van der Waals surface area contributed by atoms with Gasteiger partial charge in [-0.25, -0.2) is 0 Å². The monoisotopic (exact) mass is 315 g/mol. The predicted molar refractivity (Wildman–Crippen MR) is 86.3 cm³/mol. The standard InChI is InChI=1S/C17H21N3O3/c1-23-16-9-5-2-6-11(16)13-10-14(20-19-13)17(22)18-12-7-3-4-8-15(12)21/h2,5-6,9-10,12,15,21H,3-4,7-8H2,1H3,(H,18,22)(H,19,20). The van der Waals surface area contributed by atoms with E-state index in [4.69, 9.17) is 4.74 Å². The molecule has 0 radical (unpaired) electrons. The first-order valence-electron chi connectivity index (χ1n) is 7.87. The van der Waals surface area contributed by atoms with Crippen molar-refractivity contribution in [1.29, 1.82) is 0 Å². The second-order valence-electron chi connectivity index (χ2n) is 5.80. The van der Waals surface area contributed by atoms with E-state index in [1.807, 2.05) is 24.3 Å². The summed E-state index contributed by atoms with van der Waals surface area (Å²) in [7, 11) is 1.60. The van der Waals surface area contributed by atoms with Crippen LogP contribution in [0.3, 0.4) is 0 Å². The van der Waals surface area contributed by atoms with Gasteiger partial charge in [0.15, 0.2) is 0 Å². The number of carbonyl (C=O) groups excluding carboxylic acids is 1. The lowest BCUT2D eigenvalue weighted by molar-refractivity contribution is 0.0714. The highest BCUT2D eigenvalue weighted by Crippen LogP contribution is 2.28. The Morgan fingerprint density at radius 3 is 2.91 bits per heavy atom. The molecule has 0 bridgehead atoms. The molecular weight excluding hydrogens is 294 g/mol. The van der Waals surface area contributed by atoms with E-state index in [-0.39, 0.29) is 11.9 Å². The lowest BCUT2D eigenvalue weighted by atomic mass is 9.92. The summed E-state index contributed by atoms with van der Waals surface area (Å²) in [6.07, 6.45) is 3.11. The van der Waals surface area contributed by atoms with E-state index in [2.05, 4.69) is 15.5 Å². The van der Waals surface area contributed by atoms with Crippen molar-refractivity contribution in [2.24, 2.45) is 0 Å². The molecule has 6 heteroatoms. The Morgan fingerprint density at radius 2 is 2.13 bits per heavy atom. The summed E-state index contributed by atoms with van der Waals surface area (Å²) < 4.78 is 5.32. The third-order valence-electron chi connectivity index (χ3n) is 4.25. The van der Waals surface area contributed by atoms with Crippen LogP contribution < -0.4 is 10.1 Å². The molecule has 122 valence electrons. The van der Waals surface area contributed by atoms with Gasteiger partial charge in [-0.05, 0) is 31.0 Å². The summed E-state index contributed by atoms with van der Waals surface area (Å²) in [5.74, 6) is 0.457. The van der Waals surface area contributed by atoms with Crippen LogP contribution in [-0.4, -0.2) is 40.5 Å². The number of aromatic amines is 1. The van der Waals surface area contributed by atoms with Crippen molar-refractivity contribution in [2.75, 3.05) is 7.11 Å². The van der Waals surface area contributed by atoms with Crippen LogP contribution in [0.2, 0.25) is 0 Å². The van der Waals surface area contributed by atoms with Crippen LogP contribution in [0.1, 0.15) is 36.2 Å². The summed E-state index contributed by atoms with van der Waals surface area (Å²) in [5.41, 5.74) is 1.85. The van der Waals surface area contributed by atoms with Crippen LogP contribution in [0.5, 0.6) is 5.75 Å². The maximum Gasteiger partial charge on any atom is 0.269 e. The van der Waals surface area contributed by atoms with Gasteiger partial charge in [0.05, 0.1) is 24.9 Å². The largest absolute Gasteiger partial charge is 0.496 e. The number of carbonyl (C=O) groups is 1. The van der Waals surface area contributed by atoms with E-state index in [0.717, 1.165) is 31.2 Å². The number of aromatic nitrogens is 2. The zero-order valence-corrected chi connectivity index (χ0v) is 13.1. The van der Waals surface area contributed by atoms with E-state index in [1.54, 1.807) is 13.2 Å². The number of rotatable bonds is 4. The Hall–Kier alpha value is -2.34. The molecule has 3 N–H and O–H groups in total. The quantitative estimate of drug-likeness (QED) is 0.806. The number of H-pyrrole nitrogens is 1. The summed E-state index contributed by atoms with van der Waals surface area (Å²) in [6.45, 7) is 0. The van der Waals surface area contributed by atoms with Crippen molar-refractivity contribution in [3.8, 4) is 17.0 Å². The maximum absolute atomic E-state index is 12.3. The first-order valence-corrected chi connectivity index (χ1v) is 7.87. The van der Waals surface area contributed by atoms with Gasteiger partial charge in [0, 0.05) is 5.56 Å². The van der Waals surface area contributed by atoms with Gasteiger partial charge in [-0.3, -0.25) is 9.89 Å². The van der Waals surface area contributed by atoms with E-state index >= 15 is 0 Å². The third-order valence-corrected chi connectivity index (χ3v) is 4.25. The zero-order chi connectivity index (χ0) is 16.2. The van der Waals surface area contributed by atoms with E-state index < -0.39 is 6.10 Å². The van der Waals surface area contributed by atoms with Gasteiger partial charge in [0.2, 0.25) is 0 Å².